The number of nitrogens with zero attached hydrogens (tertiary/aromatic N) is 4. The molecule has 0 aliphatic carbocycles. The summed E-state index contributed by atoms with van der Waals surface area (Å²) in [5, 5.41) is 14.1. The van der Waals surface area contributed by atoms with Crippen LogP contribution < -0.4 is 0 Å². The van der Waals surface area contributed by atoms with E-state index in [1.54, 1.807) is 0 Å². The first-order valence-corrected chi connectivity index (χ1v) is 13.3. The van der Waals surface area contributed by atoms with Crippen LogP contribution in [0.15, 0.2) is 134 Å². The standard InChI is InChI=1S/C36H22N4/c37-23-24-17-18-35-32(20-24)30-13-2-3-15-33(30)39(35)27-10-5-8-25(21-27)26-9-6-11-28(22-26)40-34-16-4-1-12-29(34)31-14-7-19-38-36(31)40/h1-22H. The second-order valence-electron chi connectivity index (χ2n) is 10.0. The smallest absolute Gasteiger partial charge is 0.145 e. The van der Waals surface area contributed by atoms with Gasteiger partial charge in [0.05, 0.1) is 28.2 Å². The zero-order valence-electron chi connectivity index (χ0n) is 21.5. The van der Waals surface area contributed by atoms with Crippen LogP contribution in [0.4, 0.5) is 0 Å². The number of aromatic nitrogens is 3. The van der Waals surface area contributed by atoms with Gasteiger partial charge in [-0.15, -0.1) is 0 Å². The van der Waals surface area contributed by atoms with Gasteiger partial charge in [0.1, 0.15) is 5.65 Å². The summed E-state index contributed by atoms with van der Waals surface area (Å²) in [6, 6.07) is 46.6. The van der Waals surface area contributed by atoms with Gasteiger partial charge >= 0.3 is 0 Å². The van der Waals surface area contributed by atoms with E-state index in [0.29, 0.717) is 5.56 Å². The fourth-order valence-corrected chi connectivity index (χ4v) is 6.03. The normalized spacial score (nSPS) is 11.5. The van der Waals surface area contributed by atoms with Gasteiger partial charge in [-0.1, -0.05) is 60.7 Å². The summed E-state index contributed by atoms with van der Waals surface area (Å²) in [6.45, 7) is 0. The molecule has 0 amide bonds. The van der Waals surface area contributed by atoms with Gasteiger partial charge in [0.25, 0.3) is 0 Å². The van der Waals surface area contributed by atoms with E-state index in [0.717, 1.165) is 60.9 Å². The summed E-state index contributed by atoms with van der Waals surface area (Å²) in [5.41, 5.74) is 9.39. The molecule has 0 aliphatic heterocycles. The van der Waals surface area contributed by atoms with Crippen LogP contribution in [0.2, 0.25) is 0 Å². The Hall–Kier alpha value is -5.66. The van der Waals surface area contributed by atoms with E-state index in [4.69, 9.17) is 4.98 Å². The van der Waals surface area contributed by atoms with Crippen LogP contribution >= 0.6 is 0 Å². The van der Waals surface area contributed by atoms with Crippen molar-refractivity contribution in [1.82, 2.24) is 14.1 Å². The molecule has 40 heavy (non-hydrogen) atoms. The summed E-state index contributed by atoms with van der Waals surface area (Å²) in [6.07, 6.45) is 1.86. The van der Waals surface area contributed by atoms with Gasteiger partial charge in [-0.25, -0.2) is 4.98 Å². The van der Waals surface area contributed by atoms with E-state index >= 15 is 0 Å². The third-order valence-corrected chi connectivity index (χ3v) is 7.78. The summed E-state index contributed by atoms with van der Waals surface area (Å²) in [5.74, 6) is 0. The van der Waals surface area contributed by atoms with Crippen molar-refractivity contribution in [2.75, 3.05) is 0 Å². The zero-order valence-corrected chi connectivity index (χ0v) is 21.5. The van der Waals surface area contributed by atoms with Crippen molar-refractivity contribution < 1.29 is 0 Å². The molecular weight excluding hydrogens is 488 g/mol. The number of pyridine rings is 1. The van der Waals surface area contributed by atoms with Crippen molar-refractivity contribution >= 4 is 43.7 Å². The quantitative estimate of drug-likeness (QED) is 0.238. The van der Waals surface area contributed by atoms with Crippen molar-refractivity contribution in [3.8, 4) is 28.6 Å². The van der Waals surface area contributed by atoms with Gasteiger partial charge in [0.15, 0.2) is 0 Å². The minimum atomic E-state index is 0.667. The largest absolute Gasteiger partial charge is 0.309 e. The molecular formula is C36H22N4. The highest BCUT2D eigenvalue weighted by molar-refractivity contribution is 6.10. The summed E-state index contributed by atoms with van der Waals surface area (Å²) < 4.78 is 4.54. The monoisotopic (exact) mass is 510 g/mol. The highest BCUT2D eigenvalue weighted by Gasteiger charge is 2.15. The Morgan fingerprint density at radius 2 is 1.10 bits per heavy atom. The van der Waals surface area contributed by atoms with Crippen LogP contribution in [0.5, 0.6) is 0 Å². The molecule has 0 fully saturated rings. The maximum Gasteiger partial charge on any atom is 0.145 e. The molecule has 4 heteroatoms. The molecule has 5 aromatic carbocycles. The molecule has 0 aliphatic rings. The SMILES string of the molecule is N#Cc1ccc2c(c1)c1ccccc1n2-c1cccc(-c2cccc(-n3c4ccccc4c4cccnc43)c2)c1. The Morgan fingerprint density at radius 3 is 1.82 bits per heavy atom. The van der Waals surface area contributed by atoms with E-state index in [1.807, 2.05) is 24.4 Å². The van der Waals surface area contributed by atoms with Crippen LogP contribution in [0.25, 0.3) is 66.2 Å². The molecule has 186 valence electrons. The van der Waals surface area contributed by atoms with E-state index in [-0.39, 0.29) is 0 Å². The summed E-state index contributed by atoms with van der Waals surface area (Å²) in [4.78, 5) is 4.75. The average Bonchev–Trinajstić information content (AvgIpc) is 3.54. The Morgan fingerprint density at radius 1 is 0.500 bits per heavy atom. The summed E-state index contributed by atoms with van der Waals surface area (Å²) >= 11 is 0. The van der Waals surface area contributed by atoms with E-state index in [1.165, 1.54) is 5.39 Å². The lowest BCUT2D eigenvalue weighted by molar-refractivity contribution is 1.14. The van der Waals surface area contributed by atoms with Crippen LogP contribution in [0.1, 0.15) is 5.56 Å². The number of nitriles is 1. The number of hydrogen-bond acceptors (Lipinski definition) is 2. The van der Waals surface area contributed by atoms with Gasteiger partial charge < -0.3 is 4.57 Å². The van der Waals surface area contributed by atoms with Gasteiger partial charge in [0, 0.05) is 39.1 Å². The Balaban J connectivity index is 1.31. The summed E-state index contributed by atoms with van der Waals surface area (Å²) in [7, 11) is 0. The molecule has 0 radical (unpaired) electrons. The van der Waals surface area contributed by atoms with Crippen molar-refractivity contribution in [3.63, 3.8) is 0 Å². The number of rotatable bonds is 3. The maximum atomic E-state index is 9.50. The maximum absolute atomic E-state index is 9.50. The molecule has 0 bridgehead atoms. The molecule has 0 spiro atoms. The van der Waals surface area contributed by atoms with E-state index in [2.05, 4.69) is 124 Å². The minimum Gasteiger partial charge on any atom is -0.309 e. The van der Waals surface area contributed by atoms with E-state index in [9.17, 15) is 5.26 Å². The lowest BCUT2D eigenvalue weighted by Crippen LogP contribution is -1.96. The second-order valence-corrected chi connectivity index (χ2v) is 10.0. The predicted octanol–water partition coefficient (Wildman–Crippen LogP) is 8.81. The van der Waals surface area contributed by atoms with E-state index < -0.39 is 0 Å². The number of fused-ring (bicyclic) bond motifs is 6. The zero-order chi connectivity index (χ0) is 26.6. The van der Waals surface area contributed by atoms with Crippen molar-refractivity contribution in [2.45, 2.75) is 0 Å². The molecule has 3 aromatic heterocycles. The predicted molar refractivity (Wildman–Crippen MR) is 163 cm³/mol. The highest BCUT2D eigenvalue weighted by Crippen LogP contribution is 2.35. The number of para-hydroxylation sites is 2. The number of benzene rings is 5. The lowest BCUT2D eigenvalue weighted by atomic mass is 10.0. The topological polar surface area (TPSA) is 46.5 Å². The van der Waals surface area contributed by atoms with Crippen molar-refractivity contribution in [2.24, 2.45) is 0 Å². The van der Waals surface area contributed by atoms with Crippen LogP contribution in [0, 0.1) is 11.3 Å². The Kier molecular flexibility index (Phi) is 4.85. The third kappa shape index (κ3) is 3.28. The molecule has 0 N–H and O–H groups in total. The number of hydrogen-bond donors (Lipinski definition) is 0. The van der Waals surface area contributed by atoms with Crippen LogP contribution in [0.3, 0.4) is 0 Å². The molecule has 0 saturated carbocycles. The Labute approximate surface area is 230 Å². The fraction of sp³-hybridized carbons (Fsp3) is 0. The lowest BCUT2D eigenvalue weighted by Gasteiger charge is -2.12. The molecule has 4 nitrogen and oxygen atoms in total. The first kappa shape index (κ1) is 22.3. The van der Waals surface area contributed by atoms with Gasteiger partial charge in [0.2, 0.25) is 0 Å². The van der Waals surface area contributed by atoms with Gasteiger partial charge in [-0.3, -0.25) is 4.57 Å². The molecule has 0 saturated heterocycles. The average molecular weight is 511 g/mol. The second kappa shape index (κ2) is 8.69. The minimum absolute atomic E-state index is 0.667. The van der Waals surface area contributed by atoms with Crippen molar-refractivity contribution in [3.05, 3.63) is 139 Å². The molecule has 8 rings (SSSR count). The van der Waals surface area contributed by atoms with Crippen LogP contribution in [-0.2, 0) is 0 Å². The first-order valence-electron chi connectivity index (χ1n) is 13.3. The van der Waals surface area contributed by atoms with Gasteiger partial charge in [-0.05, 0) is 77.9 Å². The van der Waals surface area contributed by atoms with Crippen LogP contribution in [-0.4, -0.2) is 14.1 Å². The highest BCUT2D eigenvalue weighted by atomic mass is 15.0. The fourth-order valence-electron chi connectivity index (χ4n) is 6.03. The van der Waals surface area contributed by atoms with Gasteiger partial charge in [-0.2, -0.15) is 5.26 Å². The Bertz CT molecular complexity index is 2240. The first-order chi connectivity index (χ1) is 19.8. The molecule has 0 unspecified atom stereocenters. The molecule has 3 heterocycles. The third-order valence-electron chi connectivity index (χ3n) is 7.78. The molecule has 8 aromatic rings. The van der Waals surface area contributed by atoms with Crippen molar-refractivity contribution in [1.29, 1.82) is 5.26 Å². The molecule has 0 atom stereocenters.